The van der Waals surface area contributed by atoms with Gasteiger partial charge in [0.25, 0.3) is 5.91 Å². The summed E-state index contributed by atoms with van der Waals surface area (Å²) in [6.45, 7) is -0.560. The van der Waals surface area contributed by atoms with Gasteiger partial charge in [-0.15, -0.1) is 23.5 Å². The molecule has 0 heterocycles. The van der Waals surface area contributed by atoms with Crippen molar-refractivity contribution in [3.8, 4) is 0 Å². The maximum atomic E-state index is 12.2. The van der Waals surface area contributed by atoms with E-state index >= 15 is 0 Å². The molecule has 0 aromatic heterocycles. The van der Waals surface area contributed by atoms with E-state index in [0.717, 1.165) is 9.79 Å². The van der Waals surface area contributed by atoms with Crippen LogP contribution in [0.2, 0.25) is 0 Å². The molecule has 0 fully saturated rings. The number of nitrogens with one attached hydrogen (secondary N) is 1. The lowest BCUT2D eigenvalue weighted by Crippen LogP contribution is -2.37. The highest BCUT2D eigenvalue weighted by molar-refractivity contribution is 7.99. The third-order valence-corrected chi connectivity index (χ3v) is 5.38. The number of anilines is 1. The summed E-state index contributed by atoms with van der Waals surface area (Å²) in [4.78, 5) is 39.6. The smallest absolute Gasteiger partial charge is 0.338 e. The zero-order valence-electron chi connectivity index (χ0n) is 15.9. The van der Waals surface area contributed by atoms with Gasteiger partial charge in [0.15, 0.2) is 6.61 Å². The average molecular weight is 419 g/mol. The minimum atomic E-state index is -0.576. The lowest BCUT2D eigenvalue weighted by molar-refractivity contribution is -0.136. The first-order chi connectivity index (χ1) is 13.4. The molecule has 1 N–H and O–H groups in total. The Morgan fingerprint density at radius 1 is 1.00 bits per heavy atom. The number of carbonyl (C=O) groups excluding carboxylic acids is 3. The fraction of sp³-hybridized carbons (Fsp3) is 0.250. The fourth-order valence-corrected chi connectivity index (χ4v) is 3.25. The minimum Gasteiger partial charge on any atom is -0.452 e. The topological polar surface area (TPSA) is 75.7 Å². The largest absolute Gasteiger partial charge is 0.452 e. The van der Waals surface area contributed by atoms with Crippen molar-refractivity contribution >= 4 is 47.0 Å². The van der Waals surface area contributed by atoms with Crippen LogP contribution in [0.25, 0.3) is 0 Å². The number of hydrogen-bond acceptors (Lipinski definition) is 6. The number of nitrogens with zero attached hydrogens (tertiary/aromatic N) is 1. The van der Waals surface area contributed by atoms with E-state index in [0.29, 0.717) is 11.3 Å². The summed E-state index contributed by atoms with van der Waals surface area (Å²) < 4.78 is 5.05. The van der Waals surface area contributed by atoms with Crippen molar-refractivity contribution in [2.24, 2.45) is 0 Å². The first-order valence-electron chi connectivity index (χ1n) is 8.42. The van der Waals surface area contributed by atoms with Crippen LogP contribution in [0.1, 0.15) is 10.4 Å². The van der Waals surface area contributed by atoms with Crippen molar-refractivity contribution in [2.45, 2.75) is 9.79 Å². The molecule has 0 bridgehead atoms. The van der Waals surface area contributed by atoms with Crippen LogP contribution in [0, 0.1) is 0 Å². The number of likely N-dealkylation sites (N-methyl/N-ethyl adjacent to an activating group) is 1. The quantitative estimate of drug-likeness (QED) is 0.523. The molecule has 0 unspecified atom stereocenters. The normalized spacial score (nSPS) is 10.2. The number of ether oxygens (including phenoxy) is 1. The SMILES string of the molecule is CSc1ccc(C(=O)OCC(=O)N(C)CC(=O)Nc2ccccc2SC)cc1. The van der Waals surface area contributed by atoms with E-state index in [1.54, 1.807) is 30.0 Å². The molecule has 0 saturated heterocycles. The zero-order valence-corrected chi connectivity index (χ0v) is 17.6. The molecule has 28 heavy (non-hydrogen) atoms. The van der Waals surface area contributed by atoms with Crippen LogP contribution >= 0.6 is 23.5 Å². The summed E-state index contributed by atoms with van der Waals surface area (Å²) in [6.07, 6.45) is 3.86. The lowest BCUT2D eigenvalue weighted by Gasteiger charge is -2.17. The molecule has 0 radical (unpaired) electrons. The molecular formula is C20H22N2O4S2. The fourth-order valence-electron chi connectivity index (χ4n) is 2.29. The van der Waals surface area contributed by atoms with Crippen LogP contribution < -0.4 is 5.32 Å². The molecular weight excluding hydrogens is 396 g/mol. The van der Waals surface area contributed by atoms with Crippen molar-refractivity contribution < 1.29 is 19.1 Å². The highest BCUT2D eigenvalue weighted by Crippen LogP contribution is 2.24. The number of thioether (sulfide) groups is 2. The van der Waals surface area contributed by atoms with E-state index in [1.165, 1.54) is 23.7 Å². The first-order valence-corrected chi connectivity index (χ1v) is 10.9. The zero-order chi connectivity index (χ0) is 20.5. The maximum Gasteiger partial charge on any atom is 0.338 e. The van der Waals surface area contributed by atoms with E-state index in [9.17, 15) is 14.4 Å². The van der Waals surface area contributed by atoms with E-state index in [2.05, 4.69) is 5.32 Å². The second kappa shape index (κ2) is 10.8. The van der Waals surface area contributed by atoms with Gasteiger partial charge in [-0.1, -0.05) is 12.1 Å². The minimum absolute atomic E-state index is 0.137. The van der Waals surface area contributed by atoms with Gasteiger partial charge in [-0.05, 0) is 48.9 Å². The van der Waals surface area contributed by atoms with Crippen molar-refractivity contribution in [1.82, 2.24) is 4.90 Å². The maximum absolute atomic E-state index is 12.2. The summed E-state index contributed by atoms with van der Waals surface area (Å²) in [5.74, 6) is -1.36. The van der Waals surface area contributed by atoms with E-state index < -0.39 is 18.5 Å². The van der Waals surface area contributed by atoms with E-state index in [4.69, 9.17) is 4.74 Å². The standard InChI is InChI=1S/C20H22N2O4S2/c1-22(12-18(23)21-16-6-4-5-7-17(16)28-3)19(24)13-26-20(25)14-8-10-15(27-2)11-9-14/h4-11H,12-13H2,1-3H3,(H,21,23). The number of amides is 2. The van der Waals surface area contributed by atoms with Gasteiger partial charge in [-0.2, -0.15) is 0 Å². The van der Waals surface area contributed by atoms with Crippen LogP contribution in [-0.4, -0.2) is 55.4 Å². The predicted octanol–water partition coefficient (Wildman–Crippen LogP) is 3.38. The van der Waals surface area contributed by atoms with Gasteiger partial charge in [-0.25, -0.2) is 4.79 Å². The third kappa shape index (κ3) is 6.31. The monoisotopic (exact) mass is 418 g/mol. The second-order valence-electron chi connectivity index (χ2n) is 5.80. The average Bonchev–Trinajstić information content (AvgIpc) is 2.72. The molecule has 6 nitrogen and oxygen atoms in total. The first kappa shape index (κ1) is 21.8. The van der Waals surface area contributed by atoms with Crippen LogP contribution in [0.15, 0.2) is 58.3 Å². The summed E-state index contributed by atoms with van der Waals surface area (Å²) in [7, 11) is 1.49. The molecule has 0 atom stereocenters. The van der Waals surface area contributed by atoms with Gasteiger partial charge in [0.05, 0.1) is 17.8 Å². The summed E-state index contributed by atoms with van der Waals surface area (Å²) >= 11 is 3.09. The molecule has 2 amide bonds. The molecule has 2 rings (SSSR count). The Morgan fingerprint density at radius 2 is 1.68 bits per heavy atom. The molecule has 8 heteroatoms. The Hall–Kier alpha value is -2.45. The Kier molecular flexibility index (Phi) is 8.41. The highest BCUT2D eigenvalue weighted by atomic mass is 32.2. The Labute approximate surface area is 173 Å². The number of rotatable bonds is 8. The van der Waals surface area contributed by atoms with Crippen molar-refractivity contribution in [2.75, 3.05) is 38.0 Å². The number of carbonyl (C=O) groups is 3. The van der Waals surface area contributed by atoms with Crippen molar-refractivity contribution in [3.05, 3.63) is 54.1 Å². The molecule has 0 aliphatic rings. The summed E-state index contributed by atoms with van der Waals surface area (Å²) in [5, 5.41) is 2.79. The van der Waals surface area contributed by atoms with Gasteiger partial charge in [0.2, 0.25) is 5.91 Å². The summed E-state index contributed by atoms with van der Waals surface area (Å²) in [6, 6.07) is 14.3. The lowest BCUT2D eigenvalue weighted by atomic mass is 10.2. The highest BCUT2D eigenvalue weighted by Gasteiger charge is 2.16. The Balaban J connectivity index is 1.83. The number of esters is 1. The van der Waals surface area contributed by atoms with Gasteiger partial charge in [0, 0.05) is 16.8 Å². The molecule has 2 aromatic carbocycles. The molecule has 148 valence electrons. The van der Waals surface area contributed by atoms with Crippen molar-refractivity contribution in [1.29, 1.82) is 0 Å². The molecule has 2 aromatic rings. The van der Waals surface area contributed by atoms with Gasteiger partial charge >= 0.3 is 5.97 Å². The number of benzene rings is 2. The Bertz CT molecular complexity index is 840. The van der Waals surface area contributed by atoms with E-state index in [1.807, 2.05) is 42.8 Å². The molecule has 0 saturated carbocycles. The van der Waals surface area contributed by atoms with Gasteiger partial charge < -0.3 is 15.0 Å². The summed E-state index contributed by atoms with van der Waals surface area (Å²) in [5.41, 5.74) is 1.07. The number of hydrogen-bond donors (Lipinski definition) is 1. The van der Waals surface area contributed by atoms with Gasteiger partial charge in [0.1, 0.15) is 0 Å². The van der Waals surface area contributed by atoms with Gasteiger partial charge in [-0.3, -0.25) is 9.59 Å². The Morgan fingerprint density at radius 3 is 2.32 bits per heavy atom. The van der Waals surface area contributed by atoms with Crippen LogP contribution in [0.3, 0.4) is 0 Å². The molecule has 0 aliphatic heterocycles. The van der Waals surface area contributed by atoms with E-state index in [-0.39, 0.29) is 12.5 Å². The van der Waals surface area contributed by atoms with Crippen LogP contribution in [0.4, 0.5) is 5.69 Å². The third-order valence-electron chi connectivity index (χ3n) is 3.84. The second-order valence-corrected chi connectivity index (χ2v) is 7.53. The predicted molar refractivity (Wildman–Crippen MR) is 113 cm³/mol. The molecule has 0 spiro atoms. The van der Waals surface area contributed by atoms with Crippen LogP contribution in [0.5, 0.6) is 0 Å². The molecule has 0 aliphatic carbocycles. The number of para-hydroxylation sites is 1. The van der Waals surface area contributed by atoms with Crippen LogP contribution in [-0.2, 0) is 14.3 Å². The van der Waals surface area contributed by atoms with Crippen molar-refractivity contribution in [3.63, 3.8) is 0 Å².